The van der Waals surface area contributed by atoms with Crippen molar-refractivity contribution in [1.29, 1.82) is 0 Å². The van der Waals surface area contributed by atoms with Gasteiger partial charge in [0.1, 0.15) is 5.75 Å². The number of alkyl halides is 1. The Morgan fingerprint density at radius 2 is 1.72 bits per heavy atom. The predicted molar refractivity (Wildman–Crippen MR) is 76.4 cm³/mol. The smallest absolute Gasteiger partial charge is 0.119 e. The maximum Gasteiger partial charge on any atom is 0.119 e. The van der Waals surface area contributed by atoms with Gasteiger partial charge in [-0.05, 0) is 29.7 Å². The zero-order chi connectivity index (χ0) is 12.8. The average molecular weight is 261 g/mol. The number of hydrogen-bond donors (Lipinski definition) is 0. The monoisotopic (exact) mass is 260 g/mol. The topological polar surface area (TPSA) is 9.23 Å². The number of hydrogen-bond acceptors (Lipinski definition) is 1. The van der Waals surface area contributed by atoms with Gasteiger partial charge in [0.2, 0.25) is 0 Å². The Morgan fingerprint density at radius 1 is 1.00 bits per heavy atom. The van der Waals surface area contributed by atoms with Crippen LogP contribution in [0, 0.1) is 0 Å². The SMILES string of the molecule is CCCOc1cccc(C(Cl)c2ccccc2)c1. The van der Waals surface area contributed by atoms with Gasteiger partial charge in [-0.2, -0.15) is 0 Å². The van der Waals surface area contributed by atoms with Gasteiger partial charge in [0, 0.05) is 0 Å². The summed E-state index contributed by atoms with van der Waals surface area (Å²) in [4.78, 5) is 0. The van der Waals surface area contributed by atoms with Crippen molar-refractivity contribution < 1.29 is 4.74 Å². The lowest BCUT2D eigenvalue weighted by Gasteiger charge is -2.12. The first-order chi connectivity index (χ1) is 8.81. The summed E-state index contributed by atoms with van der Waals surface area (Å²) in [7, 11) is 0. The highest BCUT2D eigenvalue weighted by Crippen LogP contribution is 2.30. The summed E-state index contributed by atoms with van der Waals surface area (Å²) in [5, 5.41) is -0.128. The minimum absolute atomic E-state index is 0.128. The molecule has 0 aliphatic carbocycles. The Bertz CT molecular complexity index is 481. The summed E-state index contributed by atoms with van der Waals surface area (Å²) in [5.74, 6) is 0.885. The molecule has 2 aromatic carbocycles. The van der Waals surface area contributed by atoms with Crippen molar-refractivity contribution in [3.63, 3.8) is 0 Å². The van der Waals surface area contributed by atoms with Crippen LogP contribution in [-0.2, 0) is 0 Å². The van der Waals surface area contributed by atoms with E-state index in [2.05, 4.69) is 6.92 Å². The fourth-order valence-electron chi connectivity index (χ4n) is 1.80. The van der Waals surface area contributed by atoms with Crippen LogP contribution in [0.15, 0.2) is 54.6 Å². The zero-order valence-corrected chi connectivity index (χ0v) is 11.2. The molecule has 0 N–H and O–H groups in total. The average Bonchev–Trinajstić information content (AvgIpc) is 2.45. The molecule has 0 amide bonds. The third-order valence-corrected chi connectivity index (χ3v) is 3.22. The second-order valence-corrected chi connectivity index (χ2v) is 4.63. The van der Waals surface area contributed by atoms with Gasteiger partial charge < -0.3 is 4.74 Å². The van der Waals surface area contributed by atoms with Crippen LogP contribution in [0.3, 0.4) is 0 Å². The molecule has 1 nitrogen and oxygen atoms in total. The summed E-state index contributed by atoms with van der Waals surface area (Å²) < 4.78 is 5.62. The number of ether oxygens (including phenoxy) is 1. The van der Waals surface area contributed by atoms with E-state index in [0.717, 1.165) is 29.9 Å². The molecule has 1 unspecified atom stereocenters. The molecule has 18 heavy (non-hydrogen) atoms. The molecular formula is C16H17ClO. The molecule has 0 radical (unpaired) electrons. The Morgan fingerprint density at radius 3 is 2.44 bits per heavy atom. The third-order valence-electron chi connectivity index (χ3n) is 2.72. The molecule has 94 valence electrons. The summed E-state index contributed by atoms with van der Waals surface area (Å²) in [5.41, 5.74) is 2.17. The lowest BCUT2D eigenvalue weighted by Crippen LogP contribution is -1.97. The van der Waals surface area contributed by atoms with Crippen molar-refractivity contribution in [2.45, 2.75) is 18.7 Å². The van der Waals surface area contributed by atoms with Gasteiger partial charge in [0.15, 0.2) is 0 Å². The fourth-order valence-corrected chi connectivity index (χ4v) is 2.08. The van der Waals surface area contributed by atoms with E-state index in [-0.39, 0.29) is 5.38 Å². The molecule has 1 atom stereocenters. The van der Waals surface area contributed by atoms with E-state index < -0.39 is 0 Å². The first-order valence-corrected chi connectivity index (χ1v) is 6.66. The van der Waals surface area contributed by atoms with E-state index in [1.807, 2.05) is 54.6 Å². The van der Waals surface area contributed by atoms with E-state index in [4.69, 9.17) is 16.3 Å². The maximum absolute atomic E-state index is 6.48. The zero-order valence-electron chi connectivity index (χ0n) is 10.5. The van der Waals surface area contributed by atoms with Crippen molar-refractivity contribution in [3.8, 4) is 5.75 Å². The van der Waals surface area contributed by atoms with E-state index in [1.165, 1.54) is 0 Å². The Balaban J connectivity index is 2.17. The molecule has 0 spiro atoms. The lowest BCUT2D eigenvalue weighted by atomic mass is 10.0. The molecule has 0 fully saturated rings. The van der Waals surface area contributed by atoms with Crippen LogP contribution in [0.1, 0.15) is 29.8 Å². The quantitative estimate of drug-likeness (QED) is 0.702. The molecule has 0 aliphatic heterocycles. The predicted octanol–water partition coefficient (Wildman–Crippen LogP) is 4.80. The molecule has 0 aromatic heterocycles. The second kappa shape index (κ2) is 6.46. The molecule has 2 rings (SSSR count). The van der Waals surface area contributed by atoms with E-state index in [1.54, 1.807) is 0 Å². The Labute approximate surface area is 113 Å². The van der Waals surface area contributed by atoms with Gasteiger partial charge in [-0.3, -0.25) is 0 Å². The minimum atomic E-state index is -0.128. The molecule has 0 heterocycles. The summed E-state index contributed by atoms with van der Waals surface area (Å²) in [6.45, 7) is 2.83. The number of rotatable bonds is 5. The summed E-state index contributed by atoms with van der Waals surface area (Å²) >= 11 is 6.48. The van der Waals surface area contributed by atoms with Crippen molar-refractivity contribution >= 4 is 11.6 Å². The van der Waals surface area contributed by atoms with Gasteiger partial charge in [-0.15, -0.1) is 11.6 Å². The number of halogens is 1. The lowest BCUT2D eigenvalue weighted by molar-refractivity contribution is 0.317. The summed E-state index contributed by atoms with van der Waals surface area (Å²) in [6, 6.07) is 18.1. The van der Waals surface area contributed by atoms with Crippen molar-refractivity contribution in [1.82, 2.24) is 0 Å². The van der Waals surface area contributed by atoms with Crippen LogP contribution in [0.2, 0.25) is 0 Å². The third kappa shape index (κ3) is 3.27. The van der Waals surface area contributed by atoms with Crippen molar-refractivity contribution in [2.24, 2.45) is 0 Å². The van der Waals surface area contributed by atoms with Crippen LogP contribution >= 0.6 is 11.6 Å². The number of benzene rings is 2. The van der Waals surface area contributed by atoms with Crippen molar-refractivity contribution in [3.05, 3.63) is 65.7 Å². The second-order valence-electron chi connectivity index (χ2n) is 4.19. The highest BCUT2D eigenvalue weighted by atomic mass is 35.5. The summed E-state index contributed by atoms with van der Waals surface area (Å²) in [6.07, 6.45) is 1.01. The van der Waals surface area contributed by atoms with Gasteiger partial charge in [-0.1, -0.05) is 49.4 Å². The van der Waals surface area contributed by atoms with Crippen LogP contribution in [0.4, 0.5) is 0 Å². The van der Waals surface area contributed by atoms with Crippen LogP contribution in [0.5, 0.6) is 5.75 Å². The normalized spacial score (nSPS) is 12.1. The first kappa shape index (κ1) is 13.0. The van der Waals surface area contributed by atoms with Crippen LogP contribution in [-0.4, -0.2) is 6.61 Å². The Kier molecular flexibility index (Phi) is 4.66. The molecular weight excluding hydrogens is 244 g/mol. The molecule has 0 saturated carbocycles. The van der Waals surface area contributed by atoms with Crippen LogP contribution < -0.4 is 4.74 Å². The minimum Gasteiger partial charge on any atom is -0.494 e. The van der Waals surface area contributed by atoms with Gasteiger partial charge in [0.25, 0.3) is 0 Å². The van der Waals surface area contributed by atoms with Crippen molar-refractivity contribution in [2.75, 3.05) is 6.61 Å². The van der Waals surface area contributed by atoms with E-state index in [9.17, 15) is 0 Å². The first-order valence-electron chi connectivity index (χ1n) is 6.23. The standard InChI is InChI=1S/C16H17ClO/c1-2-11-18-15-10-6-9-14(12-15)16(17)13-7-4-3-5-8-13/h3-10,12,16H,2,11H2,1H3. The van der Waals surface area contributed by atoms with E-state index >= 15 is 0 Å². The van der Waals surface area contributed by atoms with Gasteiger partial charge >= 0.3 is 0 Å². The molecule has 0 saturated heterocycles. The Hall–Kier alpha value is -1.47. The van der Waals surface area contributed by atoms with Crippen LogP contribution in [0.25, 0.3) is 0 Å². The highest BCUT2D eigenvalue weighted by molar-refractivity contribution is 6.22. The molecule has 2 aromatic rings. The largest absolute Gasteiger partial charge is 0.494 e. The maximum atomic E-state index is 6.48. The molecule has 0 aliphatic rings. The molecule has 0 bridgehead atoms. The van der Waals surface area contributed by atoms with Gasteiger partial charge in [-0.25, -0.2) is 0 Å². The fraction of sp³-hybridized carbons (Fsp3) is 0.250. The van der Waals surface area contributed by atoms with E-state index in [0.29, 0.717) is 0 Å². The molecule has 2 heteroatoms. The highest BCUT2D eigenvalue weighted by Gasteiger charge is 2.10. The van der Waals surface area contributed by atoms with Gasteiger partial charge in [0.05, 0.1) is 12.0 Å².